The van der Waals surface area contributed by atoms with Gasteiger partial charge in [-0.05, 0) is 18.2 Å². The minimum atomic E-state index is 0. The third kappa shape index (κ3) is 6.21. The Labute approximate surface area is 188 Å². The number of methoxy groups -OCH3 is 5. The van der Waals surface area contributed by atoms with E-state index in [9.17, 15) is 0 Å². The maximum atomic E-state index is 5.46. The molecule has 2 rings (SSSR count). The monoisotopic (exact) mass is 517 g/mol. The van der Waals surface area contributed by atoms with Crippen LogP contribution in [0.4, 0.5) is 5.69 Å². The highest BCUT2D eigenvalue weighted by Crippen LogP contribution is 2.34. The molecule has 0 fully saturated rings. The summed E-state index contributed by atoms with van der Waals surface area (Å²) < 4.78 is 26.7. The lowest BCUT2D eigenvalue weighted by Gasteiger charge is -2.17. The number of hydrogen-bond donors (Lipinski definition) is 2. The van der Waals surface area contributed by atoms with Crippen LogP contribution in [-0.2, 0) is 6.54 Å². The van der Waals surface area contributed by atoms with E-state index in [2.05, 4.69) is 15.6 Å². The van der Waals surface area contributed by atoms with Crippen LogP contribution in [0, 0.1) is 0 Å². The fourth-order valence-corrected chi connectivity index (χ4v) is 2.64. The molecule has 29 heavy (non-hydrogen) atoms. The molecular weight excluding hydrogens is 489 g/mol. The van der Waals surface area contributed by atoms with Gasteiger partial charge in [0.2, 0.25) is 0 Å². The van der Waals surface area contributed by atoms with Gasteiger partial charge < -0.3 is 34.3 Å². The number of guanidine groups is 1. The number of ether oxygens (including phenoxy) is 5. The second kappa shape index (κ2) is 12.1. The fourth-order valence-electron chi connectivity index (χ4n) is 2.64. The molecule has 0 saturated carbocycles. The molecule has 0 aliphatic rings. The van der Waals surface area contributed by atoms with Crippen molar-refractivity contribution in [2.75, 3.05) is 47.9 Å². The summed E-state index contributed by atoms with van der Waals surface area (Å²) in [5.41, 5.74) is 1.71. The van der Waals surface area contributed by atoms with Crippen LogP contribution < -0.4 is 34.3 Å². The standard InChI is InChI=1S/C20H27N3O5.HI/c1-21-20(23-14-7-8-15(24-2)18(10-14)27-5)22-12-13-9-17(26-4)19(28-6)11-16(13)25-3;/h7-11H,12H2,1-6H3,(H2,21,22,23);1H. The van der Waals surface area contributed by atoms with Crippen molar-refractivity contribution in [3.8, 4) is 28.7 Å². The fraction of sp³-hybridized carbons (Fsp3) is 0.350. The zero-order valence-corrected chi connectivity index (χ0v) is 19.8. The second-order valence-corrected chi connectivity index (χ2v) is 5.64. The van der Waals surface area contributed by atoms with Gasteiger partial charge in [-0.25, -0.2) is 0 Å². The van der Waals surface area contributed by atoms with Gasteiger partial charge in [-0.2, -0.15) is 0 Å². The molecule has 0 amide bonds. The summed E-state index contributed by atoms with van der Waals surface area (Å²) in [4.78, 5) is 4.25. The molecule has 8 nitrogen and oxygen atoms in total. The van der Waals surface area contributed by atoms with Crippen molar-refractivity contribution in [2.45, 2.75) is 6.54 Å². The molecule has 0 spiro atoms. The van der Waals surface area contributed by atoms with Crippen molar-refractivity contribution < 1.29 is 23.7 Å². The normalized spacial score (nSPS) is 10.5. The SMILES string of the molecule is CN=C(NCc1cc(OC)c(OC)cc1OC)Nc1ccc(OC)c(OC)c1.I. The smallest absolute Gasteiger partial charge is 0.195 e. The van der Waals surface area contributed by atoms with Crippen LogP contribution in [0.3, 0.4) is 0 Å². The highest BCUT2D eigenvalue weighted by atomic mass is 127. The predicted molar refractivity (Wildman–Crippen MR) is 125 cm³/mol. The first-order valence-electron chi connectivity index (χ1n) is 8.58. The highest BCUT2D eigenvalue weighted by molar-refractivity contribution is 14.0. The predicted octanol–water partition coefficient (Wildman–Crippen LogP) is 3.54. The van der Waals surface area contributed by atoms with Crippen LogP contribution in [-0.4, -0.2) is 48.6 Å². The maximum absolute atomic E-state index is 5.46. The van der Waals surface area contributed by atoms with Gasteiger partial charge in [-0.15, -0.1) is 24.0 Å². The minimum absolute atomic E-state index is 0. The number of aliphatic imine (C=N–C) groups is 1. The number of benzene rings is 2. The Morgan fingerprint density at radius 1 is 0.759 bits per heavy atom. The van der Waals surface area contributed by atoms with Crippen molar-refractivity contribution in [1.29, 1.82) is 0 Å². The Bertz CT molecular complexity index is 830. The molecule has 2 aromatic rings. The quantitative estimate of drug-likeness (QED) is 0.315. The van der Waals surface area contributed by atoms with E-state index >= 15 is 0 Å². The Morgan fingerprint density at radius 3 is 1.86 bits per heavy atom. The number of nitrogens with one attached hydrogen (secondary N) is 2. The number of hydrogen-bond acceptors (Lipinski definition) is 6. The molecule has 2 aromatic carbocycles. The zero-order valence-electron chi connectivity index (χ0n) is 17.5. The Morgan fingerprint density at radius 2 is 1.31 bits per heavy atom. The lowest BCUT2D eigenvalue weighted by atomic mass is 10.1. The highest BCUT2D eigenvalue weighted by Gasteiger charge is 2.13. The van der Waals surface area contributed by atoms with Crippen LogP contribution in [0.5, 0.6) is 28.7 Å². The minimum Gasteiger partial charge on any atom is -0.496 e. The Kier molecular flexibility index (Phi) is 10.2. The molecule has 0 radical (unpaired) electrons. The maximum Gasteiger partial charge on any atom is 0.195 e. The van der Waals surface area contributed by atoms with E-state index in [1.165, 1.54) is 0 Å². The third-order valence-corrected chi connectivity index (χ3v) is 4.10. The first kappa shape index (κ1) is 24.5. The van der Waals surface area contributed by atoms with E-state index < -0.39 is 0 Å². The van der Waals surface area contributed by atoms with Gasteiger partial charge in [-0.1, -0.05) is 0 Å². The van der Waals surface area contributed by atoms with Crippen LogP contribution >= 0.6 is 24.0 Å². The number of halogens is 1. The number of nitrogens with zero attached hydrogens (tertiary/aromatic N) is 1. The summed E-state index contributed by atoms with van der Waals surface area (Å²) in [6, 6.07) is 9.20. The van der Waals surface area contributed by atoms with E-state index in [-0.39, 0.29) is 24.0 Å². The topological polar surface area (TPSA) is 82.6 Å². The summed E-state index contributed by atoms with van der Waals surface area (Å²) >= 11 is 0. The van der Waals surface area contributed by atoms with Gasteiger partial charge in [0.15, 0.2) is 29.0 Å². The van der Waals surface area contributed by atoms with Gasteiger partial charge in [0, 0.05) is 37.0 Å². The van der Waals surface area contributed by atoms with Crippen molar-refractivity contribution in [3.63, 3.8) is 0 Å². The molecule has 0 saturated heterocycles. The molecule has 0 aliphatic carbocycles. The van der Waals surface area contributed by atoms with Gasteiger partial charge >= 0.3 is 0 Å². The van der Waals surface area contributed by atoms with Gasteiger partial charge in [-0.3, -0.25) is 4.99 Å². The van der Waals surface area contributed by atoms with Crippen molar-refractivity contribution in [3.05, 3.63) is 35.9 Å². The zero-order chi connectivity index (χ0) is 20.5. The first-order valence-corrected chi connectivity index (χ1v) is 8.58. The summed E-state index contributed by atoms with van der Waals surface area (Å²) in [6.45, 7) is 0.469. The van der Waals surface area contributed by atoms with Crippen molar-refractivity contribution >= 4 is 35.6 Å². The molecule has 2 N–H and O–H groups in total. The summed E-state index contributed by atoms with van der Waals surface area (Å²) in [5, 5.41) is 6.47. The average molecular weight is 517 g/mol. The average Bonchev–Trinajstić information content (AvgIpc) is 2.75. The molecule has 160 valence electrons. The first-order chi connectivity index (χ1) is 13.6. The van der Waals surface area contributed by atoms with E-state index in [0.717, 1.165) is 11.3 Å². The second-order valence-electron chi connectivity index (χ2n) is 5.64. The summed E-state index contributed by atoms with van der Waals surface area (Å²) in [6.07, 6.45) is 0. The van der Waals surface area contributed by atoms with E-state index in [0.29, 0.717) is 41.3 Å². The van der Waals surface area contributed by atoms with E-state index in [1.807, 2.05) is 24.3 Å². The molecular formula is C20H28IN3O5. The summed E-state index contributed by atoms with van der Waals surface area (Å²) in [5.74, 6) is 3.80. The molecule has 0 heterocycles. The van der Waals surface area contributed by atoms with Crippen LogP contribution in [0.25, 0.3) is 0 Å². The third-order valence-electron chi connectivity index (χ3n) is 4.10. The van der Waals surface area contributed by atoms with Crippen LogP contribution in [0.1, 0.15) is 5.56 Å². The van der Waals surface area contributed by atoms with Crippen molar-refractivity contribution in [1.82, 2.24) is 5.32 Å². The van der Waals surface area contributed by atoms with Gasteiger partial charge in [0.05, 0.1) is 35.5 Å². The van der Waals surface area contributed by atoms with Gasteiger partial charge in [0.1, 0.15) is 5.75 Å². The number of anilines is 1. The molecule has 0 aliphatic heterocycles. The Hall–Kier alpha value is -2.56. The molecule has 0 aromatic heterocycles. The van der Waals surface area contributed by atoms with Crippen molar-refractivity contribution in [2.24, 2.45) is 4.99 Å². The lowest BCUT2D eigenvalue weighted by molar-refractivity contribution is 0.347. The van der Waals surface area contributed by atoms with Crippen LogP contribution in [0.15, 0.2) is 35.3 Å². The summed E-state index contributed by atoms with van der Waals surface area (Å²) in [7, 11) is 9.69. The Balaban J connectivity index is 0.00000420. The van der Waals surface area contributed by atoms with Crippen LogP contribution in [0.2, 0.25) is 0 Å². The van der Waals surface area contributed by atoms with E-state index in [4.69, 9.17) is 23.7 Å². The molecule has 0 bridgehead atoms. The molecule has 0 unspecified atom stereocenters. The molecule has 9 heteroatoms. The molecule has 0 atom stereocenters. The van der Waals surface area contributed by atoms with Gasteiger partial charge in [0.25, 0.3) is 0 Å². The van der Waals surface area contributed by atoms with E-state index in [1.54, 1.807) is 48.7 Å². The lowest BCUT2D eigenvalue weighted by Crippen LogP contribution is -2.30. The largest absolute Gasteiger partial charge is 0.496 e. The number of rotatable bonds is 8.